The van der Waals surface area contributed by atoms with E-state index in [2.05, 4.69) is 33.0 Å². The van der Waals surface area contributed by atoms with Gasteiger partial charge in [0.15, 0.2) is 0 Å². The van der Waals surface area contributed by atoms with Gasteiger partial charge < -0.3 is 10.1 Å². The summed E-state index contributed by atoms with van der Waals surface area (Å²) >= 11 is 1.32. The van der Waals surface area contributed by atoms with Crippen molar-refractivity contribution in [3.8, 4) is 11.1 Å². The SMILES string of the molecule is O=C(CSc1nnnn1C[C@@H]1CCCO1)Nc1ccc(-c2ccccc2)cc1. The molecule has 1 aliphatic heterocycles. The van der Waals surface area contributed by atoms with Crippen LogP contribution in [-0.2, 0) is 16.1 Å². The summed E-state index contributed by atoms with van der Waals surface area (Å²) in [6.45, 7) is 1.42. The van der Waals surface area contributed by atoms with Crippen molar-refractivity contribution in [2.24, 2.45) is 0 Å². The first-order valence-electron chi connectivity index (χ1n) is 9.24. The van der Waals surface area contributed by atoms with Crippen LogP contribution >= 0.6 is 11.8 Å². The average molecular weight is 395 g/mol. The predicted octanol–water partition coefficient (Wildman–Crippen LogP) is 3.25. The van der Waals surface area contributed by atoms with Crippen LogP contribution in [0.4, 0.5) is 5.69 Å². The van der Waals surface area contributed by atoms with E-state index in [1.807, 2.05) is 42.5 Å². The number of carbonyl (C=O) groups excluding carboxylic acids is 1. The van der Waals surface area contributed by atoms with Crippen LogP contribution in [0.15, 0.2) is 59.8 Å². The zero-order chi connectivity index (χ0) is 19.2. The smallest absolute Gasteiger partial charge is 0.234 e. The lowest BCUT2D eigenvalue weighted by molar-refractivity contribution is -0.113. The minimum atomic E-state index is -0.0934. The molecular formula is C20H21N5O2S. The Morgan fingerprint density at radius 2 is 1.93 bits per heavy atom. The summed E-state index contributed by atoms with van der Waals surface area (Å²) in [5, 5.41) is 15.3. The Hall–Kier alpha value is -2.71. The normalized spacial score (nSPS) is 16.2. The van der Waals surface area contributed by atoms with Gasteiger partial charge in [-0.3, -0.25) is 4.79 Å². The van der Waals surface area contributed by atoms with E-state index in [1.54, 1.807) is 4.68 Å². The van der Waals surface area contributed by atoms with Crippen LogP contribution in [0.1, 0.15) is 12.8 Å². The van der Waals surface area contributed by atoms with Gasteiger partial charge in [0.2, 0.25) is 11.1 Å². The number of amides is 1. The molecule has 1 N–H and O–H groups in total. The van der Waals surface area contributed by atoms with Crippen molar-refractivity contribution in [3.63, 3.8) is 0 Å². The van der Waals surface area contributed by atoms with Gasteiger partial charge in [-0.2, -0.15) is 0 Å². The molecule has 0 unspecified atom stereocenters. The number of thioether (sulfide) groups is 1. The predicted molar refractivity (Wildman–Crippen MR) is 108 cm³/mol. The highest BCUT2D eigenvalue weighted by molar-refractivity contribution is 7.99. The molecule has 0 aliphatic carbocycles. The number of hydrogen-bond acceptors (Lipinski definition) is 6. The van der Waals surface area contributed by atoms with E-state index in [4.69, 9.17) is 4.74 Å². The van der Waals surface area contributed by atoms with E-state index < -0.39 is 0 Å². The molecule has 4 rings (SSSR count). The molecule has 1 fully saturated rings. The second-order valence-electron chi connectivity index (χ2n) is 6.56. The van der Waals surface area contributed by atoms with Gasteiger partial charge >= 0.3 is 0 Å². The third-order valence-electron chi connectivity index (χ3n) is 4.51. The van der Waals surface area contributed by atoms with Crippen LogP contribution in [0.2, 0.25) is 0 Å². The number of nitrogens with one attached hydrogen (secondary N) is 1. The molecule has 1 amide bonds. The second kappa shape index (κ2) is 8.99. The van der Waals surface area contributed by atoms with Crippen LogP contribution in [-0.4, -0.2) is 44.6 Å². The molecule has 3 aromatic rings. The topological polar surface area (TPSA) is 81.9 Å². The zero-order valence-electron chi connectivity index (χ0n) is 15.3. The number of rotatable bonds is 7. The fraction of sp³-hybridized carbons (Fsp3) is 0.300. The van der Waals surface area contributed by atoms with Gasteiger partial charge in [0.1, 0.15) is 0 Å². The van der Waals surface area contributed by atoms with E-state index in [9.17, 15) is 4.79 Å². The molecular weight excluding hydrogens is 374 g/mol. The molecule has 2 heterocycles. The lowest BCUT2D eigenvalue weighted by Gasteiger charge is -2.10. The van der Waals surface area contributed by atoms with Crippen LogP contribution in [0.3, 0.4) is 0 Å². The average Bonchev–Trinajstić information content (AvgIpc) is 3.40. The Morgan fingerprint density at radius 3 is 2.68 bits per heavy atom. The van der Waals surface area contributed by atoms with E-state index in [1.165, 1.54) is 11.8 Å². The molecule has 1 atom stereocenters. The van der Waals surface area contributed by atoms with E-state index in [0.717, 1.165) is 36.3 Å². The fourth-order valence-corrected chi connectivity index (χ4v) is 3.79. The summed E-state index contributed by atoms with van der Waals surface area (Å²) < 4.78 is 7.33. The lowest BCUT2D eigenvalue weighted by atomic mass is 10.1. The lowest BCUT2D eigenvalue weighted by Crippen LogP contribution is -2.18. The number of tetrazole rings is 1. The maximum Gasteiger partial charge on any atom is 0.234 e. The van der Waals surface area contributed by atoms with Crippen LogP contribution in [0.5, 0.6) is 0 Å². The number of benzene rings is 2. The van der Waals surface area contributed by atoms with E-state index in [-0.39, 0.29) is 17.8 Å². The molecule has 2 aromatic carbocycles. The molecule has 144 valence electrons. The molecule has 1 aliphatic rings. The summed E-state index contributed by atoms with van der Waals surface area (Å²) in [4.78, 5) is 12.3. The maximum atomic E-state index is 12.3. The van der Waals surface area contributed by atoms with Crippen molar-refractivity contribution >= 4 is 23.4 Å². The van der Waals surface area contributed by atoms with Crippen LogP contribution in [0, 0.1) is 0 Å². The summed E-state index contributed by atoms with van der Waals surface area (Å²) in [6, 6.07) is 17.9. The standard InChI is InChI=1S/C20H21N5O2S/c26-19(14-28-20-22-23-24-25(20)13-18-7-4-12-27-18)21-17-10-8-16(9-11-17)15-5-2-1-3-6-15/h1-3,5-6,8-11,18H,4,7,12-14H2,(H,21,26)/t18-/m0/s1. The van der Waals surface area contributed by atoms with Crippen molar-refractivity contribution in [3.05, 3.63) is 54.6 Å². The first-order valence-corrected chi connectivity index (χ1v) is 10.2. The minimum Gasteiger partial charge on any atom is -0.376 e. The molecule has 0 spiro atoms. The number of nitrogens with zero attached hydrogens (tertiary/aromatic N) is 4. The monoisotopic (exact) mass is 395 g/mol. The highest BCUT2D eigenvalue weighted by Gasteiger charge is 2.19. The highest BCUT2D eigenvalue weighted by atomic mass is 32.2. The van der Waals surface area contributed by atoms with Gasteiger partial charge in [-0.15, -0.1) is 5.10 Å². The molecule has 8 heteroatoms. The second-order valence-corrected chi connectivity index (χ2v) is 7.50. The van der Waals surface area contributed by atoms with Gasteiger partial charge in [-0.1, -0.05) is 54.2 Å². The summed E-state index contributed by atoms with van der Waals surface area (Å²) in [5.41, 5.74) is 3.03. The highest BCUT2D eigenvalue weighted by Crippen LogP contribution is 2.22. The van der Waals surface area contributed by atoms with Gasteiger partial charge in [0, 0.05) is 12.3 Å². The molecule has 0 bridgehead atoms. The van der Waals surface area contributed by atoms with Gasteiger partial charge in [-0.25, -0.2) is 4.68 Å². The van der Waals surface area contributed by atoms with Crippen molar-refractivity contribution in [2.45, 2.75) is 30.6 Å². The quantitative estimate of drug-likeness (QED) is 0.619. The van der Waals surface area contributed by atoms with Gasteiger partial charge in [0.25, 0.3) is 0 Å². The van der Waals surface area contributed by atoms with Gasteiger partial charge in [-0.05, 0) is 46.5 Å². The molecule has 0 saturated carbocycles. The Morgan fingerprint density at radius 1 is 1.14 bits per heavy atom. The number of anilines is 1. The number of ether oxygens (including phenoxy) is 1. The Bertz CT molecular complexity index is 908. The number of aromatic nitrogens is 4. The Kier molecular flexibility index (Phi) is 5.98. The first-order chi connectivity index (χ1) is 13.8. The third-order valence-corrected chi connectivity index (χ3v) is 5.46. The molecule has 1 aromatic heterocycles. The Labute approximate surface area is 167 Å². The fourth-order valence-electron chi connectivity index (χ4n) is 3.10. The number of carbonyl (C=O) groups is 1. The largest absolute Gasteiger partial charge is 0.376 e. The summed E-state index contributed by atoms with van der Waals surface area (Å²) in [5.74, 6) is 0.149. The van der Waals surface area contributed by atoms with Crippen molar-refractivity contribution in [2.75, 3.05) is 17.7 Å². The van der Waals surface area contributed by atoms with Crippen molar-refractivity contribution in [1.29, 1.82) is 0 Å². The third kappa shape index (κ3) is 4.76. The van der Waals surface area contributed by atoms with Gasteiger partial charge in [0.05, 0.1) is 18.4 Å². The maximum absolute atomic E-state index is 12.3. The van der Waals surface area contributed by atoms with Crippen LogP contribution < -0.4 is 5.32 Å². The molecule has 1 saturated heterocycles. The molecule has 0 radical (unpaired) electrons. The number of hydrogen-bond donors (Lipinski definition) is 1. The van der Waals surface area contributed by atoms with Crippen LogP contribution in [0.25, 0.3) is 11.1 Å². The zero-order valence-corrected chi connectivity index (χ0v) is 16.1. The van der Waals surface area contributed by atoms with Crippen molar-refractivity contribution in [1.82, 2.24) is 20.2 Å². The van der Waals surface area contributed by atoms with Crippen molar-refractivity contribution < 1.29 is 9.53 Å². The minimum absolute atomic E-state index is 0.0934. The molecule has 28 heavy (non-hydrogen) atoms. The summed E-state index contributed by atoms with van der Waals surface area (Å²) in [6.07, 6.45) is 2.24. The molecule has 7 nitrogen and oxygen atoms in total. The Balaban J connectivity index is 1.30. The van der Waals surface area contributed by atoms with E-state index in [0.29, 0.717) is 11.7 Å². The van der Waals surface area contributed by atoms with E-state index >= 15 is 0 Å². The summed E-state index contributed by atoms with van der Waals surface area (Å²) in [7, 11) is 0. The first kappa shape index (κ1) is 18.6.